The largest absolute Gasteiger partial charge is 0.444 e. The number of esters is 1. The Morgan fingerprint density at radius 2 is 1.74 bits per heavy atom. The zero-order chi connectivity index (χ0) is 22.4. The molecule has 1 atom stereocenters. The lowest BCUT2D eigenvalue weighted by Crippen LogP contribution is -2.26. The lowest BCUT2D eigenvalue weighted by Gasteiger charge is -2.18. The number of nitro benzene ring substituents is 1. The van der Waals surface area contributed by atoms with Gasteiger partial charge < -0.3 is 15.2 Å². The van der Waals surface area contributed by atoms with Gasteiger partial charge in [0, 0.05) is 17.7 Å². The van der Waals surface area contributed by atoms with Crippen molar-refractivity contribution >= 4 is 34.9 Å². The number of hydrogen-bond acceptors (Lipinski definition) is 6. The third-order valence-corrected chi connectivity index (χ3v) is 4.67. The van der Waals surface area contributed by atoms with Gasteiger partial charge in [-0.15, -0.1) is 0 Å². The van der Waals surface area contributed by atoms with Gasteiger partial charge in [0.25, 0.3) is 11.6 Å². The first-order valence-electron chi connectivity index (χ1n) is 9.09. The van der Waals surface area contributed by atoms with E-state index in [1.807, 2.05) is 0 Å². The van der Waals surface area contributed by atoms with Crippen molar-refractivity contribution in [3.05, 3.63) is 105 Å². The summed E-state index contributed by atoms with van der Waals surface area (Å²) < 4.78 is 5.47. The highest BCUT2D eigenvalue weighted by Crippen LogP contribution is 2.29. The fourth-order valence-electron chi connectivity index (χ4n) is 2.74. The molecule has 0 radical (unpaired) electrons. The number of benzene rings is 3. The van der Waals surface area contributed by atoms with E-state index in [0.29, 0.717) is 11.1 Å². The van der Waals surface area contributed by atoms with Crippen LogP contribution in [-0.2, 0) is 16.1 Å². The van der Waals surface area contributed by atoms with E-state index in [1.165, 1.54) is 24.3 Å². The number of hydrogen-bond donors (Lipinski definition) is 2. The molecule has 0 heterocycles. The van der Waals surface area contributed by atoms with Gasteiger partial charge in [0.2, 0.25) is 6.10 Å². The maximum absolute atomic E-state index is 12.9. The number of non-ortho nitro benzene ring substituents is 1. The van der Waals surface area contributed by atoms with E-state index in [0.717, 1.165) is 6.07 Å². The fraction of sp³-hybridized carbons (Fsp3) is 0.0909. The average molecular weight is 441 g/mol. The van der Waals surface area contributed by atoms with Crippen molar-refractivity contribution in [3.63, 3.8) is 0 Å². The van der Waals surface area contributed by atoms with Crippen molar-refractivity contribution in [2.75, 3.05) is 5.32 Å². The molecule has 3 rings (SSSR count). The Morgan fingerprint density at radius 3 is 2.32 bits per heavy atom. The molecule has 9 heteroatoms. The number of halogens is 1. The van der Waals surface area contributed by atoms with Crippen molar-refractivity contribution in [1.29, 1.82) is 0 Å². The van der Waals surface area contributed by atoms with Crippen LogP contribution in [0.3, 0.4) is 0 Å². The molecule has 1 amide bonds. The standard InChI is InChI=1S/C22H17ClN2O6/c23-18-12-17(25(29)30)10-11-19(18)24-21(27)20(15-4-2-1-3-5-15)31-22(28)16-8-6-14(13-26)7-9-16/h1-12,20,26H,13H2,(H,24,27). The van der Waals surface area contributed by atoms with Gasteiger partial charge in [0.15, 0.2) is 0 Å². The van der Waals surface area contributed by atoms with E-state index in [4.69, 9.17) is 21.4 Å². The van der Waals surface area contributed by atoms with Crippen LogP contribution in [0, 0.1) is 10.1 Å². The second-order valence-corrected chi connectivity index (χ2v) is 6.87. The van der Waals surface area contributed by atoms with E-state index >= 15 is 0 Å². The maximum atomic E-state index is 12.9. The van der Waals surface area contributed by atoms with Gasteiger partial charge in [-0.3, -0.25) is 14.9 Å². The topological polar surface area (TPSA) is 119 Å². The minimum atomic E-state index is -1.29. The number of nitrogens with zero attached hydrogens (tertiary/aromatic N) is 1. The van der Waals surface area contributed by atoms with E-state index < -0.39 is 22.9 Å². The maximum Gasteiger partial charge on any atom is 0.339 e. The molecule has 158 valence electrons. The van der Waals surface area contributed by atoms with Gasteiger partial charge in [-0.05, 0) is 23.8 Å². The number of aliphatic hydroxyl groups excluding tert-OH is 1. The number of anilines is 1. The Bertz CT molecular complexity index is 1100. The quantitative estimate of drug-likeness (QED) is 0.321. The third kappa shape index (κ3) is 5.44. The molecule has 3 aromatic carbocycles. The summed E-state index contributed by atoms with van der Waals surface area (Å²) in [5, 5.41) is 22.5. The first-order valence-corrected chi connectivity index (χ1v) is 9.47. The van der Waals surface area contributed by atoms with Gasteiger partial charge in [-0.1, -0.05) is 54.1 Å². The average Bonchev–Trinajstić information content (AvgIpc) is 2.79. The molecule has 0 bridgehead atoms. The summed E-state index contributed by atoms with van der Waals surface area (Å²) in [6, 6.07) is 18.1. The summed E-state index contributed by atoms with van der Waals surface area (Å²) in [6.07, 6.45) is -1.29. The lowest BCUT2D eigenvalue weighted by molar-refractivity contribution is -0.384. The number of nitrogens with one attached hydrogen (secondary N) is 1. The fourth-order valence-corrected chi connectivity index (χ4v) is 2.96. The number of aliphatic hydroxyl groups is 1. The van der Waals surface area contributed by atoms with Gasteiger partial charge in [-0.2, -0.15) is 0 Å². The predicted molar refractivity (Wildman–Crippen MR) is 114 cm³/mol. The van der Waals surface area contributed by atoms with Gasteiger partial charge >= 0.3 is 5.97 Å². The molecule has 0 saturated heterocycles. The molecular formula is C22H17ClN2O6. The molecule has 8 nitrogen and oxygen atoms in total. The Hall–Kier alpha value is -3.75. The van der Waals surface area contributed by atoms with Crippen LogP contribution >= 0.6 is 11.6 Å². The molecule has 0 aromatic heterocycles. The Labute approximate surface area is 182 Å². The second-order valence-electron chi connectivity index (χ2n) is 6.46. The summed E-state index contributed by atoms with van der Waals surface area (Å²) in [5.74, 6) is -1.41. The molecule has 0 aliphatic rings. The molecule has 2 N–H and O–H groups in total. The van der Waals surface area contributed by atoms with Crippen LogP contribution in [0.5, 0.6) is 0 Å². The van der Waals surface area contributed by atoms with Gasteiger partial charge in [0.05, 0.1) is 27.8 Å². The van der Waals surface area contributed by atoms with Crippen molar-refractivity contribution < 1.29 is 24.4 Å². The summed E-state index contributed by atoms with van der Waals surface area (Å²) >= 11 is 6.05. The van der Waals surface area contributed by atoms with E-state index in [1.54, 1.807) is 42.5 Å². The smallest absolute Gasteiger partial charge is 0.339 e. The molecule has 0 aliphatic carbocycles. The van der Waals surface area contributed by atoms with E-state index in [9.17, 15) is 19.7 Å². The Morgan fingerprint density at radius 1 is 1.06 bits per heavy atom. The van der Waals surface area contributed by atoms with Crippen LogP contribution in [0.4, 0.5) is 11.4 Å². The highest BCUT2D eigenvalue weighted by Gasteiger charge is 2.26. The molecule has 1 unspecified atom stereocenters. The molecule has 31 heavy (non-hydrogen) atoms. The van der Waals surface area contributed by atoms with E-state index in [-0.39, 0.29) is 28.6 Å². The molecule has 0 aliphatic heterocycles. The summed E-state index contributed by atoms with van der Waals surface area (Å²) in [5.41, 5.74) is 1.18. The number of ether oxygens (including phenoxy) is 1. The Kier molecular flexibility index (Phi) is 6.96. The van der Waals surface area contributed by atoms with Crippen LogP contribution < -0.4 is 5.32 Å². The zero-order valence-corrected chi connectivity index (χ0v) is 16.8. The van der Waals surface area contributed by atoms with Crippen LogP contribution in [0.25, 0.3) is 0 Å². The lowest BCUT2D eigenvalue weighted by atomic mass is 10.1. The van der Waals surface area contributed by atoms with Gasteiger partial charge in [-0.25, -0.2) is 4.79 Å². The molecular weight excluding hydrogens is 424 g/mol. The number of carbonyl (C=O) groups is 2. The van der Waals surface area contributed by atoms with Crippen LogP contribution in [-0.4, -0.2) is 21.9 Å². The van der Waals surface area contributed by atoms with Crippen molar-refractivity contribution in [2.24, 2.45) is 0 Å². The number of rotatable bonds is 7. The van der Waals surface area contributed by atoms with Crippen molar-refractivity contribution in [1.82, 2.24) is 0 Å². The number of nitro groups is 1. The highest BCUT2D eigenvalue weighted by atomic mass is 35.5. The van der Waals surface area contributed by atoms with Crippen molar-refractivity contribution in [3.8, 4) is 0 Å². The van der Waals surface area contributed by atoms with Crippen LogP contribution in [0.2, 0.25) is 5.02 Å². The first-order chi connectivity index (χ1) is 14.9. The second kappa shape index (κ2) is 9.84. The minimum Gasteiger partial charge on any atom is -0.444 e. The van der Waals surface area contributed by atoms with Crippen LogP contribution in [0.15, 0.2) is 72.8 Å². The Balaban J connectivity index is 1.84. The van der Waals surface area contributed by atoms with E-state index in [2.05, 4.69) is 5.32 Å². The zero-order valence-electron chi connectivity index (χ0n) is 16.0. The first kappa shape index (κ1) is 21.9. The number of carbonyl (C=O) groups excluding carboxylic acids is 2. The third-order valence-electron chi connectivity index (χ3n) is 4.36. The molecule has 3 aromatic rings. The molecule has 0 saturated carbocycles. The summed E-state index contributed by atoms with van der Waals surface area (Å²) in [4.78, 5) is 35.8. The highest BCUT2D eigenvalue weighted by molar-refractivity contribution is 6.34. The monoisotopic (exact) mass is 440 g/mol. The molecule has 0 fully saturated rings. The number of amides is 1. The minimum absolute atomic E-state index is 0.0275. The summed E-state index contributed by atoms with van der Waals surface area (Å²) in [6.45, 7) is -0.166. The molecule has 0 spiro atoms. The SMILES string of the molecule is O=C(OC(C(=O)Nc1ccc([N+](=O)[O-])cc1Cl)c1ccccc1)c1ccc(CO)cc1. The van der Waals surface area contributed by atoms with Gasteiger partial charge in [0.1, 0.15) is 0 Å². The normalized spacial score (nSPS) is 11.4. The van der Waals surface area contributed by atoms with Crippen LogP contribution in [0.1, 0.15) is 27.6 Å². The summed E-state index contributed by atoms with van der Waals surface area (Å²) in [7, 11) is 0. The van der Waals surface area contributed by atoms with Crippen molar-refractivity contribution in [2.45, 2.75) is 12.7 Å². The predicted octanol–water partition coefficient (Wildman–Crippen LogP) is 4.28.